The maximum Gasteiger partial charge on any atom is 0.136 e. The fourth-order valence-corrected chi connectivity index (χ4v) is 4.78. The van der Waals surface area contributed by atoms with Crippen molar-refractivity contribution in [2.75, 3.05) is 0 Å². The van der Waals surface area contributed by atoms with Crippen molar-refractivity contribution in [1.29, 1.82) is 0 Å². The normalized spacial score (nSPS) is 12.5. The van der Waals surface area contributed by atoms with Crippen LogP contribution >= 0.6 is 0 Å². The first kappa shape index (κ1) is 17.3. The molecule has 0 fully saturated rings. The lowest BCUT2D eigenvalue weighted by atomic mass is 10.0. The van der Waals surface area contributed by atoms with E-state index in [4.69, 9.17) is 4.42 Å². The van der Waals surface area contributed by atoms with Gasteiger partial charge in [-0.3, -0.25) is 0 Å². The summed E-state index contributed by atoms with van der Waals surface area (Å²) in [5, 5.41) is 4.93. The molecule has 4 aromatic carbocycles. The molecule has 0 spiro atoms. The number of rotatable bonds is 1. The molecular weight excluding hydrogens is 366 g/mol. The van der Waals surface area contributed by atoms with Crippen LogP contribution in [0.15, 0.2) is 89.3 Å². The van der Waals surface area contributed by atoms with E-state index >= 15 is 0 Å². The van der Waals surface area contributed by atoms with E-state index < -0.39 is 0 Å². The monoisotopic (exact) mass is 389 g/mol. The molecule has 2 nitrogen and oxygen atoms in total. The van der Waals surface area contributed by atoms with Crippen molar-refractivity contribution in [3.63, 3.8) is 0 Å². The van der Waals surface area contributed by atoms with Gasteiger partial charge in [-0.1, -0.05) is 48.5 Å². The van der Waals surface area contributed by atoms with E-state index in [2.05, 4.69) is 98.1 Å². The van der Waals surface area contributed by atoms with Gasteiger partial charge >= 0.3 is 0 Å². The molecule has 2 aromatic heterocycles. The van der Waals surface area contributed by atoms with Crippen LogP contribution in [0.25, 0.3) is 54.9 Å². The maximum absolute atomic E-state index is 6.12. The number of hydrogen-bond acceptors (Lipinski definition) is 1. The fourth-order valence-electron chi connectivity index (χ4n) is 4.78. The average Bonchev–Trinajstić information content (AvgIpc) is 3.28. The van der Waals surface area contributed by atoms with E-state index in [1.807, 2.05) is 12.1 Å². The predicted molar refractivity (Wildman–Crippen MR) is 127 cm³/mol. The van der Waals surface area contributed by atoms with E-state index in [0.717, 1.165) is 11.2 Å². The number of fused-ring (bicyclic) bond motifs is 6. The number of aromatic nitrogens is 1. The van der Waals surface area contributed by atoms with Gasteiger partial charge in [-0.15, -0.1) is 0 Å². The number of hydrogen-bond donors (Lipinski definition) is 0. The summed E-state index contributed by atoms with van der Waals surface area (Å²) in [4.78, 5) is 0. The van der Waals surface area contributed by atoms with Crippen LogP contribution in [0.5, 0.6) is 0 Å². The van der Waals surface area contributed by atoms with Crippen LogP contribution in [0, 0.1) is 0 Å². The highest BCUT2D eigenvalue weighted by molar-refractivity contribution is 6.10. The zero-order chi connectivity index (χ0) is 20.5. The molecule has 0 bridgehead atoms. The van der Waals surface area contributed by atoms with E-state index in [-0.39, 0.29) is 5.54 Å². The number of para-hydroxylation sites is 2. The van der Waals surface area contributed by atoms with Crippen molar-refractivity contribution in [3.8, 4) is 11.1 Å². The average molecular weight is 389 g/mol. The molecule has 0 amide bonds. The van der Waals surface area contributed by atoms with Crippen LogP contribution in [0.1, 0.15) is 20.8 Å². The zero-order valence-corrected chi connectivity index (χ0v) is 17.4. The Morgan fingerprint density at radius 2 is 1.20 bits per heavy atom. The molecule has 0 aliphatic rings. The molecule has 0 radical (unpaired) electrons. The lowest BCUT2D eigenvalue weighted by Crippen LogP contribution is -2.21. The topological polar surface area (TPSA) is 18.1 Å². The number of furan rings is 1. The Hall–Kier alpha value is -3.52. The number of nitrogens with zero attached hydrogens (tertiary/aromatic N) is 1. The minimum atomic E-state index is 0.00998. The van der Waals surface area contributed by atoms with Gasteiger partial charge in [0.05, 0.1) is 0 Å². The number of benzene rings is 4. The molecule has 0 atom stereocenters. The van der Waals surface area contributed by atoms with Gasteiger partial charge in [0, 0.05) is 38.1 Å². The van der Waals surface area contributed by atoms with E-state index in [0.29, 0.717) is 0 Å². The lowest BCUT2D eigenvalue weighted by molar-refractivity contribution is 0.423. The van der Waals surface area contributed by atoms with Crippen molar-refractivity contribution < 1.29 is 4.42 Å². The molecule has 0 aliphatic carbocycles. The van der Waals surface area contributed by atoms with Crippen LogP contribution in [0.2, 0.25) is 0 Å². The SMILES string of the molecule is CC(C)(C)n1c2ccccc2c2cc(-c3ccc4c(c3)oc3ccccc34)ccc21. The molecular formula is C28H23NO. The van der Waals surface area contributed by atoms with Crippen molar-refractivity contribution >= 4 is 43.7 Å². The summed E-state index contributed by atoms with van der Waals surface area (Å²) in [5.41, 5.74) is 6.83. The fraction of sp³-hybridized carbons (Fsp3) is 0.143. The third kappa shape index (κ3) is 2.43. The third-order valence-electron chi connectivity index (χ3n) is 6.06. The van der Waals surface area contributed by atoms with E-state index in [1.54, 1.807) is 0 Å². The molecule has 0 saturated heterocycles. The summed E-state index contributed by atoms with van der Waals surface area (Å²) in [6.07, 6.45) is 0. The Morgan fingerprint density at radius 3 is 2.03 bits per heavy atom. The van der Waals surface area contributed by atoms with Crippen LogP contribution in [-0.2, 0) is 5.54 Å². The summed E-state index contributed by atoms with van der Waals surface area (Å²) in [6, 6.07) is 30.3. The minimum absolute atomic E-state index is 0.00998. The highest BCUT2D eigenvalue weighted by Crippen LogP contribution is 2.37. The zero-order valence-electron chi connectivity index (χ0n) is 17.4. The first-order chi connectivity index (χ1) is 14.5. The van der Waals surface area contributed by atoms with Crippen LogP contribution in [-0.4, -0.2) is 4.57 Å². The molecule has 6 rings (SSSR count). The molecule has 146 valence electrons. The van der Waals surface area contributed by atoms with Crippen LogP contribution < -0.4 is 0 Å². The molecule has 0 N–H and O–H groups in total. The Kier molecular flexibility index (Phi) is 3.47. The van der Waals surface area contributed by atoms with Gasteiger partial charge in [0.2, 0.25) is 0 Å². The molecule has 0 unspecified atom stereocenters. The van der Waals surface area contributed by atoms with E-state index in [9.17, 15) is 0 Å². The first-order valence-corrected chi connectivity index (χ1v) is 10.5. The van der Waals surface area contributed by atoms with Crippen molar-refractivity contribution in [3.05, 3.63) is 84.9 Å². The molecule has 0 aliphatic heterocycles. The summed E-state index contributed by atoms with van der Waals surface area (Å²) in [7, 11) is 0. The molecule has 2 heteroatoms. The second-order valence-electron chi connectivity index (χ2n) is 9.06. The van der Waals surface area contributed by atoms with E-state index in [1.165, 1.54) is 43.7 Å². The van der Waals surface area contributed by atoms with Gasteiger partial charge in [0.25, 0.3) is 0 Å². The largest absolute Gasteiger partial charge is 0.456 e. The smallest absolute Gasteiger partial charge is 0.136 e. The van der Waals surface area contributed by atoms with Crippen LogP contribution in [0.4, 0.5) is 0 Å². The maximum atomic E-state index is 6.12. The molecule has 6 aromatic rings. The van der Waals surface area contributed by atoms with Crippen molar-refractivity contribution in [2.24, 2.45) is 0 Å². The summed E-state index contributed by atoms with van der Waals surface area (Å²) in [6.45, 7) is 6.80. The first-order valence-electron chi connectivity index (χ1n) is 10.5. The standard InChI is InChI=1S/C28H23NO/c1-28(2,3)29-24-10-6-4-8-20(24)23-16-18(13-15-25(23)29)19-12-14-22-21-9-5-7-11-26(21)30-27(22)17-19/h4-17H,1-3H3. The Labute approximate surface area is 175 Å². The van der Waals surface area contributed by atoms with Crippen LogP contribution in [0.3, 0.4) is 0 Å². The quantitative estimate of drug-likeness (QED) is 0.278. The predicted octanol–water partition coefficient (Wildman–Crippen LogP) is 8.12. The lowest BCUT2D eigenvalue weighted by Gasteiger charge is -2.24. The van der Waals surface area contributed by atoms with Gasteiger partial charge < -0.3 is 8.98 Å². The Balaban J connectivity index is 1.60. The second kappa shape index (κ2) is 5.99. The minimum Gasteiger partial charge on any atom is -0.456 e. The highest BCUT2D eigenvalue weighted by atomic mass is 16.3. The molecule has 30 heavy (non-hydrogen) atoms. The Bertz CT molecular complexity index is 1570. The summed E-state index contributed by atoms with van der Waals surface area (Å²) < 4.78 is 8.57. The summed E-state index contributed by atoms with van der Waals surface area (Å²) in [5.74, 6) is 0. The van der Waals surface area contributed by atoms with Gasteiger partial charge in [0.1, 0.15) is 11.2 Å². The molecule has 2 heterocycles. The van der Waals surface area contributed by atoms with Gasteiger partial charge in [0.15, 0.2) is 0 Å². The van der Waals surface area contributed by atoms with Crippen molar-refractivity contribution in [2.45, 2.75) is 26.3 Å². The van der Waals surface area contributed by atoms with Gasteiger partial charge in [-0.2, -0.15) is 0 Å². The van der Waals surface area contributed by atoms with Gasteiger partial charge in [-0.25, -0.2) is 0 Å². The summed E-state index contributed by atoms with van der Waals surface area (Å²) >= 11 is 0. The Morgan fingerprint density at radius 1 is 0.567 bits per heavy atom. The van der Waals surface area contributed by atoms with Crippen molar-refractivity contribution in [1.82, 2.24) is 4.57 Å². The third-order valence-corrected chi connectivity index (χ3v) is 6.06. The second-order valence-corrected chi connectivity index (χ2v) is 9.06. The van der Waals surface area contributed by atoms with Gasteiger partial charge in [-0.05, 0) is 68.3 Å². The highest BCUT2D eigenvalue weighted by Gasteiger charge is 2.20. The molecule has 0 saturated carbocycles.